The van der Waals surface area contributed by atoms with E-state index in [0.717, 1.165) is 37.7 Å². The fourth-order valence-corrected chi connectivity index (χ4v) is 2.90. The van der Waals surface area contributed by atoms with E-state index in [9.17, 15) is 8.78 Å². The van der Waals surface area contributed by atoms with Gasteiger partial charge in [-0.1, -0.05) is 12.1 Å². The van der Waals surface area contributed by atoms with Crippen molar-refractivity contribution in [3.05, 3.63) is 29.8 Å². The summed E-state index contributed by atoms with van der Waals surface area (Å²) in [7, 11) is 3.72. The Morgan fingerprint density at radius 1 is 1.30 bits per heavy atom. The molecule has 0 unspecified atom stereocenters. The summed E-state index contributed by atoms with van der Waals surface area (Å²) in [5.74, 6) is 0.986. The van der Waals surface area contributed by atoms with E-state index in [2.05, 4.69) is 15.0 Å². The molecule has 0 aliphatic heterocycles. The zero-order valence-electron chi connectivity index (χ0n) is 16.2. The van der Waals surface area contributed by atoms with E-state index in [0.29, 0.717) is 12.0 Å². The van der Waals surface area contributed by atoms with Gasteiger partial charge in [-0.25, -0.2) is 0 Å². The minimum Gasteiger partial charge on any atom is -0.435 e. The Morgan fingerprint density at radius 2 is 1.96 bits per heavy atom. The molecule has 8 heteroatoms. The maximum atomic E-state index is 12.2. The van der Waals surface area contributed by atoms with Gasteiger partial charge in [0, 0.05) is 40.4 Å². The van der Waals surface area contributed by atoms with Crippen LogP contribution in [0.2, 0.25) is 0 Å². The quantitative estimate of drug-likeness (QED) is 0.229. The third-order valence-electron chi connectivity index (χ3n) is 4.70. The second kappa shape index (κ2) is 11.6. The second-order valence-electron chi connectivity index (χ2n) is 6.73. The van der Waals surface area contributed by atoms with Gasteiger partial charge in [-0.05, 0) is 49.3 Å². The number of hydrogen-bond donors (Lipinski definition) is 1. The molecule has 1 fully saturated rings. The Hall–Kier alpha value is -1.16. The van der Waals surface area contributed by atoms with Crippen LogP contribution in [-0.2, 0) is 11.3 Å². The van der Waals surface area contributed by atoms with Crippen LogP contribution in [0.4, 0.5) is 8.78 Å². The third-order valence-corrected chi connectivity index (χ3v) is 4.70. The highest BCUT2D eigenvalue weighted by atomic mass is 127. The van der Waals surface area contributed by atoms with E-state index in [-0.39, 0.29) is 29.7 Å². The largest absolute Gasteiger partial charge is 0.435 e. The predicted octanol–water partition coefficient (Wildman–Crippen LogP) is 4.12. The lowest BCUT2D eigenvalue weighted by molar-refractivity contribution is -0.0498. The summed E-state index contributed by atoms with van der Waals surface area (Å²) in [5.41, 5.74) is 1.33. The van der Waals surface area contributed by atoms with Crippen molar-refractivity contribution >= 4 is 29.9 Å². The summed E-state index contributed by atoms with van der Waals surface area (Å²) in [6, 6.07) is 6.68. The standard InChI is InChI=1S/C19H29F2N3O2.HI/c1-4-25-12-11-19(9-10-19)14-23-18(22-2)24(3)13-15-5-7-16(8-6-15)26-17(20)21;/h5-8,17H,4,9-14H2,1-3H3,(H,22,23);1H. The zero-order valence-corrected chi connectivity index (χ0v) is 18.5. The van der Waals surface area contributed by atoms with Crippen molar-refractivity contribution in [1.82, 2.24) is 10.2 Å². The number of halogens is 3. The lowest BCUT2D eigenvalue weighted by Crippen LogP contribution is -2.41. The summed E-state index contributed by atoms with van der Waals surface area (Å²) >= 11 is 0. The highest BCUT2D eigenvalue weighted by molar-refractivity contribution is 14.0. The Balaban J connectivity index is 0.00000364. The Labute approximate surface area is 177 Å². The maximum absolute atomic E-state index is 12.2. The molecule has 0 heterocycles. The molecule has 2 rings (SSSR count). The molecule has 154 valence electrons. The van der Waals surface area contributed by atoms with E-state index >= 15 is 0 Å². The van der Waals surface area contributed by atoms with E-state index in [1.54, 1.807) is 31.3 Å². The van der Waals surface area contributed by atoms with Gasteiger partial charge in [0.2, 0.25) is 0 Å². The minimum atomic E-state index is -2.80. The third kappa shape index (κ3) is 8.16. The van der Waals surface area contributed by atoms with Crippen LogP contribution in [0.25, 0.3) is 0 Å². The van der Waals surface area contributed by atoms with Crippen molar-refractivity contribution < 1.29 is 18.3 Å². The molecule has 0 bridgehead atoms. The fraction of sp³-hybridized carbons (Fsp3) is 0.632. The number of nitrogens with zero attached hydrogens (tertiary/aromatic N) is 2. The number of ether oxygens (including phenoxy) is 2. The summed E-state index contributed by atoms with van der Waals surface area (Å²) in [6.07, 6.45) is 3.51. The Kier molecular flexibility index (Phi) is 10.3. The highest BCUT2D eigenvalue weighted by Gasteiger charge is 2.42. The molecule has 0 amide bonds. The van der Waals surface area contributed by atoms with Crippen molar-refractivity contribution in [3.63, 3.8) is 0 Å². The summed E-state index contributed by atoms with van der Waals surface area (Å²) in [6.45, 7) is 2.29. The molecule has 0 radical (unpaired) electrons. The topological polar surface area (TPSA) is 46.1 Å². The molecule has 1 aromatic rings. The van der Waals surface area contributed by atoms with Crippen molar-refractivity contribution in [2.24, 2.45) is 10.4 Å². The average Bonchev–Trinajstić information content (AvgIpc) is 3.37. The molecule has 1 saturated carbocycles. The van der Waals surface area contributed by atoms with Crippen molar-refractivity contribution in [3.8, 4) is 5.75 Å². The number of rotatable bonds is 10. The molecule has 0 atom stereocenters. The number of aliphatic imine (C=N–C) groups is 1. The zero-order chi connectivity index (χ0) is 19.0. The number of nitrogens with one attached hydrogen (secondary N) is 1. The van der Waals surface area contributed by atoms with Crippen LogP contribution >= 0.6 is 24.0 Å². The molecule has 0 aromatic heterocycles. The lowest BCUT2D eigenvalue weighted by atomic mass is 10.0. The predicted molar refractivity (Wildman–Crippen MR) is 114 cm³/mol. The van der Waals surface area contributed by atoms with E-state index < -0.39 is 6.61 Å². The molecule has 1 N–H and O–H groups in total. The smallest absolute Gasteiger partial charge is 0.387 e. The van der Waals surface area contributed by atoms with Gasteiger partial charge < -0.3 is 19.7 Å². The van der Waals surface area contributed by atoms with Crippen LogP contribution < -0.4 is 10.1 Å². The van der Waals surface area contributed by atoms with Gasteiger partial charge in [-0.3, -0.25) is 4.99 Å². The Morgan fingerprint density at radius 3 is 2.48 bits per heavy atom. The van der Waals surface area contributed by atoms with Crippen LogP contribution in [0.5, 0.6) is 5.75 Å². The van der Waals surface area contributed by atoms with Gasteiger partial charge in [-0.2, -0.15) is 8.78 Å². The van der Waals surface area contributed by atoms with Crippen LogP contribution in [-0.4, -0.2) is 51.3 Å². The van der Waals surface area contributed by atoms with Crippen molar-refractivity contribution in [1.29, 1.82) is 0 Å². The summed E-state index contributed by atoms with van der Waals surface area (Å²) in [4.78, 5) is 6.36. The van der Waals surface area contributed by atoms with Crippen molar-refractivity contribution in [2.75, 3.05) is 33.9 Å². The number of alkyl halides is 2. The number of benzene rings is 1. The van der Waals surface area contributed by atoms with Gasteiger partial charge in [0.25, 0.3) is 0 Å². The summed E-state index contributed by atoms with van der Waals surface area (Å²) in [5, 5.41) is 3.45. The van der Waals surface area contributed by atoms with Crippen LogP contribution in [0.15, 0.2) is 29.3 Å². The molecule has 1 aliphatic carbocycles. The highest BCUT2D eigenvalue weighted by Crippen LogP contribution is 2.48. The Bertz CT molecular complexity index is 581. The minimum absolute atomic E-state index is 0. The molecule has 1 aromatic carbocycles. The van der Waals surface area contributed by atoms with Gasteiger partial charge >= 0.3 is 6.61 Å². The molecule has 27 heavy (non-hydrogen) atoms. The first-order chi connectivity index (χ1) is 12.5. The molecule has 0 saturated heterocycles. The van der Waals surface area contributed by atoms with E-state index in [4.69, 9.17) is 4.74 Å². The van der Waals surface area contributed by atoms with Gasteiger partial charge in [-0.15, -0.1) is 24.0 Å². The van der Waals surface area contributed by atoms with Gasteiger partial charge in [0.1, 0.15) is 5.75 Å². The van der Waals surface area contributed by atoms with E-state index in [1.807, 2.05) is 18.9 Å². The molecule has 5 nitrogen and oxygen atoms in total. The SMILES string of the molecule is CCOCCC1(CNC(=NC)N(C)Cc2ccc(OC(F)F)cc2)CC1.I. The van der Waals surface area contributed by atoms with Crippen molar-refractivity contribution in [2.45, 2.75) is 39.3 Å². The number of hydrogen-bond acceptors (Lipinski definition) is 3. The van der Waals surface area contributed by atoms with Crippen LogP contribution in [0.1, 0.15) is 31.7 Å². The first kappa shape index (κ1) is 23.9. The average molecular weight is 497 g/mol. The fourth-order valence-electron chi connectivity index (χ4n) is 2.90. The normalized spacial score (nSPS) is 15.3. The van der Waals surface area contributed by atoms with Crippen LogP contribution in [0.3, 0.4) is 0 Å². The summed E-state index contributed by atoms with van der Waals surface area (Å²) < 4.78 is 34.3. The number of guanidine groups is 1. The maximum Gasteiger partial charge on any atom is 0.387 e. The van der Waals surface area contributed by atoms with Gasteiger partial charge in [0.15, 0.2) is 5.96 Å². The molecule has 0 spiro atoms. The lowest BCUT2D eigenvalue weighted by Gasteiger charge is -2.25. The first-order valence-electron chi connectivity index (χ1n) is 9.01. The van der Waals surface area contributed by atoms with Crippen LogP contribution in [0, 0.1) is 5.41 Å². The molecular formula is C19H30F2IN3O2. The second-order valence-corrected chi connectivity index (χ2v) is 6.73. The molecule has 1 aliphatic rings. The molecular weight excluding hydrogens is 467 g/mol. The first-order valence-corrected chi connectivity index (χ1v) is 9.01. The van der Waals surface area contributed by atoms with Gasteiger partial charge in [0.05, 0.1) is 0 Å². The monoisotopic (exact) mass is 497 g/mol. The van der Waals surface area contributed by atoms with E-state index in [1.165, 1.54) is 12.8 Å².